The number of hydrogen-bond donors (Lipinski definition) is 2. The lowest BCUT2D eigenvalue weighted by Gasteiger charge is -2.49. The van der Waals surface area contributed by atoms with Gasteiger partial charge in [0, 0.05) is 35.0 Å². The van der Waals surface area contributed by atoms with Gasteiger partial charge in [-0.25, -0.2) is 0 Å². The molecule has 0 spiro atoms. The van der Waals surface area contributed by atoms with E-state index in [0.717, 1.165) is 5.56 Å². The summed E-state index contributed by atoms with van der Waals surface area (Å²) in [7, 11) is 0. The molecule has 0 aliphatic heterocycles. The largest absolute Gasteiger partial charge is 0.481 e. The van der Waals surface area contributed by atoms with Gasteiger partial charge in [0.05, 0.1) is 12.0 Å². The van der Waals surface area contributed by atoms with E-state index < -0.39 is 17.0 Å². The molecule has 8 heteroatoms. The molecule has 0 unspecified atom stereocenters. The molecule has 1 aliphatic carbocycles. The maximum absolute atomic E-state index is 13.2. The van der Waals surface area contributed by atoms with E-state index in [4.69, 9.17) is 17.3 Å². The van der Waals surface area contributed by atoms with Crippen molar-refractivity contribution in [2.24, 2.45) is 5.73 Å². The molecule has 6 nitrogen and oxygen atoms in total. The van der Waals surface area contributed by atoms with E-state index in [0.29, 0.717) is 36.3 Å². The maximum Gasteiger partial charge on any atom is 0.305 e. The van der Waals surface area contributed by atoms with Crippen molar-refractivity contribution in [1.29, 1.82) is 0 Å². The van der Waals surface area contributed by atoms with Gasteiger partial charge in [0.25, 0.3) is 5.91 Å². The Kier molecular flexibility index (Phi) is 7.86. The number of pyridine rings is 1. The van der Waals surface area contributed by atoms with E-state index >= 15 is 0 Å². The lowest BCUT2D eigenvalue weighted by molar-refractivity contribution is -0.137. The summed E-state index contributed by atoms with van der Waals surface area (Å²) in [6.45, 7) is 2.16. The standard InChI is InChI=1S/C22H26ClN3O3.ClH/c1-21(8-10-22(24,11-9-21)17-5-2-6-18(23)14-17)26(13-7-19(27)28)20(29)16-4-3-12-25-15-16;/h2-6,12,14-15H,7-11,13,24H2,1H3,(H,27,28);1H. The number of halogens is 2. The second-order valence-electron chi connectivity index (χ2n) is 8.01. The van der Waals surface area contributed by atoms with E-state index in [1.54, 1.807) is 23.2 Å². The molecule has 1 aliphatic rings. The second kappa shape index (κ2) is 9.77. The lowest BCUT2D eigenvalue weighted by atomic mass is 9.69. The van der Waals surface area contributed by atoms with Crippen molar-refractivity contribution in [1.82, 2.24) is 9.88 Å². The van der Waals surface area contributed by atoms with E-state index in [2.05, 4.69) is 4.98 Å². The first-order valence-corrected chi connectivity index (χ1v) is 10.1. The maximum atomic E-state index is 13.2. The monoisotopic (exact) mass is 451 g/mol. The van der Waals surface area contributed by atoms with E-state index in [-0.39, 0.29) is 31.3 Å². The number of hydrogen-bond acceptors (Lipinski definition) is 4. The average molecular weight is 452 g/mol. The normalized spacial score (nSPS) is 23.3. The molecule has 1 saturated carbocycles. The van der Waals surface area contributed by atoms with Crippen LogP contribution in [0.25, 0.3) is 0 Å². The van der Waals surface area contributed by atoms with Crippen molar-refractivity contribution in [2.45, 2.75) is 50.1 Å². The minimum atomic E-state index is -0.930. The number of nitrogens with two attached hydrogens (primary N) is 1. The average Bonchev–Trinajstić information content (AvgIpc) is 2.71. The highest BCUT2D eigenvalue weighted by Gasteiger charge is 2.44. The van der Waals surface area contributed by atoms with Gasteiger partial charge >= 0.3 is 5.97 Å². The van der Waals surface area contributed by atoms with Gasteiger partial charge < -0.3 is 15.7 Å². The molecule has 0 radical (unpaired) electrons. The number of rotatable bonds is 6. The molecule has 1 fully saturated rings. The molecule has 3 rings (SSSR count). The van der Waals surface area contributed by atoms with Gasteiger partial charge in [0.1, 0.15) is 0 Å². The first kappa shape index (κ1) is 24.1. The van der Waals surface area contributed by atoms with Gasteiger partial charge in [0.2, 0.25) is 0 Å². The number of nitrogens with zero attached hydrogens (tertiary/aromatic N) is 2. The van der Waals surface area contributed by atoms with E-state index in [1.165, 1.54) is 6.20 Å². The van der Waals surface area contributed by atoms with Crippen LogP contribution in [0.1, 0.15) is 54.9 Å². The Labute approximate surface area is 187 Å². The molecule has 0 saturated heterocycles. The smallest absolute Gasteiger partial charge is 0.305 e. The number of carbonyl (C=O) groups excluding carboxylic acids is 1. The Morgan fingerprint density at radius 3 is 2.47 bits per heavy atom. The third-order valence-electron chi connectivity index (χ3n) is 5.97. The van der Waals surface area contributed by atoms with Gasteiger partial charge in [0.15, 0.2) is 0 Å². The molecule has 1 aromatic heterocycles. The van der Waals surface area contributed by atoms with Crippen LogP contribution in [0.4, 0.5) is 0 Å². The number of aliphatic carboxylic acids is 1. The van der Waals surface area contributed by atoms with Crippen molar-refractivity contribution in [3.05, 3.63) is 64.9 Å². The summed E-state index contributed by atoms with van der Waals surface area (Å²) in [5, 5.41) is 9.82. The number of aromatic nitrogens is 1. The predicted molar refractivity (Wildman–Crippen MR) is 119 cm³/mol. The zero-order valence-corrected chi connectivity index (χ0v) is 18.5. The highest BCUT2D eigenvalue weighted by atomic mass is 35.5. The molecular weight excluding hydrogens is 425 g/mol. The second-order valence-corrected chi connectivity index (χ2v) is 8.44. The molecule has 1 amide bonds. The van der Waals surface area contributed by atoms with Crippen LogP contribution in [-0.4, -0.2) is 39.0 Å². The first-order valence-electron chi connectivity index (χ1n) is 9.72. The minimum Gasteiger partial charge on any atom is -0.481 e. The van der Waals surface area contributed by atoms with Crippen molar-refractivity contribution < 1.29 is 14.7 Å². The third kappa shape index (κ3) is 5.31. The fraction of sp³-hybridized carbons (Fsp3) is 0.409. The molecule has 30 heavy (non-hydrogen) atoms. The van der Waals surface area contributed by atoms with Gasteiger partial charge in [-0.3, -0.25) is 14.6 Å². The number of amides is 1. The summed E-state index contributed by atoms with van der Waals surface area (Å²) in [6.07, 6.45) is 5.70. The quantitative estimate of drug-likeness (QED) is 0.683. The first-order chi connectivity index (χ1) is 13.7. The minimum absolute atomic E-state index is 0. The van der Waals surface area contributed by atoms with Crippen molar-refractivity contribution in [2.75, 3.05) is 6.54 Å². The topological polar surface area (TPSA) is 96.5 Å². The van der Waals surface area contributed by atoms with Crippen molar-refractivity contribution in [3.8, 4) is 0 Å². The van der Waals surface area contributed by atoms with Crippen LogP contribution in [0.5, 0.6) is 0 Å². The Balaban J connectivity index is 0.00000320. The summed E-state index contributed by atoms with van der Waals surface area (Å²) in [5.41, 5.74) is 7.16. The molecular formula is C22H27Cl2N3O3. The Morgan fingerprint density at radius 1 is 1.20 bits per heavy atom. The van der Waals surface area contributed by atoms with Crippen molar-refractivity contribution >= 4 is 35.9 Å². The fourth-order valence-corrected chi connectivity index (χ4v) is 4.25. The molecule has 0 atom stereocenters. The Bertz CT molecular complexity index is 884. The fourth-order valence-electron chi connectivity index (χ4n) is 4.06. The highest BCUT2D eigenvalue weighted by Crippen LogP contribution is 2.43. The molecule has 3 N–H and O–H groups in total. The van der Waals surface area contributed by atoms with Crippen LogP contribution in [0, 0.1) is 0 Å². The third-order valence-corrected chi connectivity index (χ3v) is 6.21. The number of carboxylic acid groups (broad SMARTS) is 1. The highest BCUT2D eigenvalue weighted by molar-refractivity contribution is 6.30. The number of carbonyl (C=O) groups is 2. The SMILES string of the molecule is CC1(N(CCC(=O)O)C(=O)c2cccnc2)CCC(N)(c2cccc(Cl)c2)CC1.Cl. The van der Waals surface area contributed by atoms with Crippen LogP contribution >= 0.6 is 24.0 Å². The summed E-state index contributed by atoms with van der Waals surface area (Å²) < 4.78 is 0. The van der Waals surface area contributed by atoms with Gasteiger partial charge in [-0.1, -0.05) is 23.7 Å². The lowest BCUT2D eigenvalue weighted by Crippen LogP contribution is -2.56. The Hall–Kier alpha value is -2.15. The summed E-state index contributed by atoms with van der Waals surface area (Å²) >= 11 is 6.14. The van der Waals surface area contributed by atoms with Gasteiger partial charge in [-0.15, -0.1) is 12.4 Å². The van der Waals surface area contributed by atoms with E-state index in [9.17, 15) is 14.7 Å². The number of carboxylic acids is 1. The van der Waals surface area contributed by atoms with Crippen LogP contribution in [0.2, 0.25) is 5.02 Å². The molecule has 162 valence electrons. The molecule has 1 heterocycles. The summed E-state index contributed by atoms with van der Waals surface area (Å²) in [4.78, 5) is 30.1. The molecule has 1 aromatic carbocycles. The molecule has 2 aromatic rings. The van der Waals surface area contributed by atoms with Crippen LogP contribution in [0.15, 0.2) is 48.8 Å². The van der Waals surface area contributed by atoms with E-state index in [1.807, 2.05) is 31.2 Å². The molecule has 0 bridgehead atoms. The summed E-state index contributed by atoms with van der Waals surface area (Å²) in [6, 6.07) is 11.0. The predicted octanol–water partition coefficient (Wildman–Crippen LogP) is 4.26. The van der Waals surface area contributed by atoms with Gasteiger partial charge in [-0.05, 0) is 62.4 Å². The number of benzene rings is 1. The summed E-state index contributed by atoms with van der Waals surface area (Å²) in [5.74, 6) is -1.13. The Morgan fingerprint density at radius 2 is 1.90 bits per heavy atom. The zero-order valence-electron chi connectivity index (χ0n) is 16.9. The van der Waals surface area contributed by atoms with Crippen LogP contribution < -0.4 is 5.73 Å². The van der Waals surface area contributed by atoms with Crippen molar-refractivity contribution in [3.63, 3.8) is 0 Å². The van der Waals surface area contributed by atoms with Crippen LogP contribution in [-0.2, 0) is 10.3 Å². The van der Waals surface area contributed by atoms with Crippen LogP contribution in [0.3, 0.4) is 0 Å². The van der Waals surface area contributed by atoms with Gasteiger partial charge in [-0.2, -0.15) is 0 Å². The zero-order chi connectivity index (χ0) is 21.1.